The SMILES string of the molecule is O=C(O)c1ccccc1C(=O)NC1COC2C1OCC2n1nnnc1-c1ccc2c(c1)OCO2. The molecule has 0 radical (unpaired) electrons. The highest BCUT2D eigenvalue weighted by molar-refractivity contribution is 6.04. The Bertz CT molecular complexity index is 1280. The van der Waals surface area contributed by atoms with Gasteiger partial charge in [0.15, 0.2) is 17.3 Å². The Morgan fingerprint density at radius 2 is 1.79 bits per heavy atom. The molecule has 0 aliphatic carbocycles. The van der Waals surface area contributed by atoms with E-state index in [-0.39, 0.29) is 37.2 Å². The van der Waals surface area contributed by atoms with Crippen LogP contribution >= 0.6 is 0 Å². The molecule has 2 saturated heterocycles. The fourth-order valence-corrected chi connectivity index (χ4v) is 4.57. The molecule has 2 aromatic carbocycles. The van der Waals surface area contributed by atoms with Crippen LogP contribution in [0.2, 0.25) is 0 Å². The molecule has 3 aliphatic heterocycles. The van der Waals surface area contributed by atoms with Crippen LogP contribution in [-0.4, -0.2) is 75.4 Å². The first kappa shape index (κ1) is 20.6. The van der Waals surface area contributed by atoms with E-state index in [4.69, 9.17) is 18.9 Å². The summed E-state index contributed by atoms with van der Waals surface area (Å²) in [5, 5.41) is 24.4. The molecule has 0 spiro atoms. The molecule has 12 heteroatoms. The predicted molar refractivity (Wildman–Crippen MR) is 113 cm³/mol. The third kappa shape index (κ3) is 3.35. The van der Waals surface area contributed by atoms with Crippen LogP contribution < -0.4 is 14.8 Å². The van der Waals surface area contributed by atoms with Crippen molar-refractivity contribution < 1.29 is 33.6 Å². The molecular formula is C22H19N5O7. The van der Waals surface area contributed by atoms with Crippen LogP contribution in [0.4, 0.5) is 0 Å². The van der Waals surface area contributed by atoms with Crippen molar-refractivity contribution in [1.29, 1.82) is 0 Å². The van der Waals surface area contributed by atoms with Gasteiger partial charge in [0.05, 0.1) is 30.4 Å². The summed E-state index contributed by atoms with van der Waals surface area (Å²) < 4.78 is 24.5. The second kappa shape index (κ2) is 8.08. The maximum atomic E-state index is 12.8. The van der Waals surface area contributed by atoms with Gasteiger partial charge in [0, 0.05) is 5.56 Å². The second-order valence-electron chi connectivity index (χ2n) is 8.11. The number of nitrogens with one attached hydrogen (secondary N) is 1. The predicted octanol–water partition coefficient (Wildman–Crippen LogP) is 0.904. The Hall–Kier alpha value is -4.03. The highest BCUT2D eigenvalue weighted by Crippen LogP contribution is 2.38. The lowest BCUT2D eigenvalue weighted by atomic mass is 10.0. The number of hydrogen-bond acceptors (Lipinski definition) is 9. The molecule has 6 rings (SSSR count). The molecule has 2 N–H and O–H groups in total. The number of carboxylic acid groups (broad SMARTS) is 1. The van der Waals surface area contributed by atoms with Gasteiger partial charge in [0.2, 0.25) is 6.79 Å². The van der Waals surface area contributed by atoms with E-state index in [0.717, 1.165) is 5.56 Å². The van der Waals surface area contributed by atoms with E-state index in [1.165, 1.54) is 12.1 Å². The summed E-state index contributed by atoms with van der Waals surface area (Å²) in [6.07, 6.45) is -0.823. The van der Waals surface area contributed by atoms with Crippen molar-refractivity contribution >= 4 is 11.9 Å². The lowest BCUT2D eigenvalue weighted by Crippen LogP contribution is -2.44. The molecule has 1 aromatic heterocycles. The van der Waals surface area contributed by atoms with E-state index in [1.807, 2.05) is 12.1 Å². The zero-order valence-electron chi connectivity index (χ0n) is 17.7. The fraction of sp³-hybridized carbons (Fsp3) is 0.318. The van der Waals surface area contributed by atoms with Crippen molar-refractivity contribution in [2.24, 2.45) is 0 Å². The number of benzene rings is 2. The topological polar surface area (TPSA) is 147 Å². The standard InChI is InChI=1S/C22H19N5O7/c28-21(12-3-1-2-4-13(12)22(29)30)23-14-8-31-19-15(9-32-18(14)19)27-20(24-25-26-27)11-5-6-16-17(7-11)34-10-33-16/h1-7,14-15,18-19H,8-10H2,(H,23,28)(H,29,30). The first-order valence-corrected chi connectivity index (χ1v) is 10.6. The van der Waals surface area contributed by atoms with E-state index in [0.29, 0.717) is 17.3 Å². The van der Waals surface area contributed by atoms with E-state index in [1.54, 1.807) is 22.9 Å². The number of hydrogen-bond donors (Lipinski definition) is 2. The summed E-state index contributed by atoms with van der Waals surface area (Å²) in [7, 11) is 0. The monoisotopic (exact) mass is 465 g/mol. The van der Waals surface area contributed by atoms with Gasteiger partial charge >= 0.3 is 5.97 Å². The van der Waals surface area contributed by atoms with E-state index in [2.05, 4.69) is 20.8 Å². The number of carboxylic acids is 1. The molecule has 0 bridgehead atoms. The fourth-order valence-electron chi connectivity index (χ4n) is 4.57. The van der Waals surface area contributed by atoms with Crippen LogP contribution in [0.15, 0.2) is 42.5 Å². The molecule has 4 atom stereocenters. The first-order chi connectivity index (χ1) is 16.6. The minimum atomic E-state index is -1.17. The van der Waals surface area contributed by atoms with E-state index < -0.39 is 30.1 Å². The normalized spacial score (nSPS) is 24.7. The number of tetrazole rings is 1. The van der Waals surface area contributed by atoms with Crippen LogP contribution in [0.1, 0.15) is 26.8 Å². The number of aromatic nitrogens is 4. The molecule has 2 fully saturated rings. The van der Waals surface area contributed by atoms with E-state index in [9.17, 15) is 14.7 Å². The Labute approximate surface area is 192 Å². The third-order valence-corrected chi connectivity index (χ3v) is 6.18. The number of aromatic carboxylic acids is 1. The van der Waals surface area contributed by atoms with Gasteiger partial charge in [0.25, 0.3) is 5.91 Å². The van der Waals surface area contributed by atoms with Gasteiger partial charge in [-0.1, -0.05) is 12.1 Å². The van der Waals surface area contributed by atoms with Crippen molar-refractivity contribution in [2.45, 2.75) is 24.3 Å². The number of carbonyl (C=O) groups excluding carboxylic acids is 1. The molecule has 4 heterocycles. The molecule has 3 aromatic rings. The van der Waals surface area contributed by atoms with Crippen LogP contribution in [0.3, 0.4) is 0 Å². The minimum Gasteiger partial charge on any atom is -0.478 e. The zero-order chi connectivity index (χ0) is 23.2. The van der Waals surface area contributed by atoms with Crippen molar-refractivity contribution in [3.8, 4) is 22.9 Å². The molecule has 0 saturated carbocycles. The summed E-state index contributed by atoms with van der Waals surface area (Å²) in [6.45, 7) is 0.673. The lowest BCUT2D eigenvalue weighted by molar-refractivity contribution is 0.0613. The van der Waals surface area contributed by atoms with Gasteiger partial charge in [-0.05, 0) is 40.8 Å². The third-order valence-electron chi connectivity index (χ3n) is 6.18. The average Bonchev–Trinajstić information content (AvgIpc) is 3.63. The second-order valence-corrected chi connectivity index (χ2v) is 8.11. The molecular weight excluding hydrogens is 446 g/mol. The summed E-state index contributed by atoms with van der Waals surface area (Å²) in [5.74, 6) is 0.142. The van der Waals surface area contributed by atoms with Crippen LogP contribution in [0.5, 0.6) is 11.5 Å². The van der Waals surface area contributed by atoms with Crippen molar-refractivity contribution in [1.82, 2.24) is 25.5 Å². The smallest absolute Gasteiger partial charge is 0.336 e. The average molecular weight is 465 g/mol. The number of nitrogens with zero attached hydrogens (tertiary/aromatic N) is 4. The molecule has 4 unspecified atom stereocenters. The number of carbonyl (C=O) groups is 2. The number of ether oxygens (including phenoxy) is 4. The highest BCUT2D eigenvalue weighted by Gasteiger charge is 2.50. The van der Waals surface area contributed by atoms with Gasteiger partial charge in [-0.3, -0.25) is 4.79 Å². The van der Waals surface area contributed by atoms with Crippen LogP contribution in [-0.2, 0) is 9.47 Å². The number of fused-ring (bicyclic) bond motifs is 2. The molecule has 34 heavy (non-hydrogen) atoms. The lowest BCUT2D eigenvalue weighted by Gasteiger charge is -2.18. The van der Waals surface area contributed by atoms with Crippen molar-refractivity contribution in [3.63, 3.8) is 0 Å². The van der Waals surface area contributed by atoms with Gasteiger partial charge in [-0.25, -0.2) is 9.48 Å². The van der Waals surface area contributed by atoms with Crippen molar-refractivity contribution in [2.75, 3.05) is 20.0 Å². The Kier molecular flexibility index (Phi) is 4.89. The Balaban J connectivity index is 1.20. The highest BCUT2D eigenvalue weighted by atomic mass is 16.7. The van der Waals surface area contributed by atoms with Gasteiger partial charge in [-0.15, -0.1) is 5.10 Å². The summed E-state index contributed by atoms with van der Waals surface area (Å²) in [5.41, 5.74) is 0.770. The van der Waals surface area contributed by atoms with Gasteiger partial charge in [0.1, 0.15) is 18.2 Å². The molecule has 3 aliphatic rings. The zero-order valence-corrected chi connectivity index (χ0v) is 17.7. The minimum absolute atomic E-state index is 0.0669. The number of rotatable bonds is 5. The number of amides is 1. The maximum absolute atomic E-state index is 12.8. The van der Waals surface area contributed by atoms with Crippen LogP contribution in [0, 0.1) is 0 Å². The summed E-state index contributed by atoms with van der Waals surface area (Å²) in [4.78, 5) is 24.3. The maximum Gasteiger partial charge on any atom is 0.336 e. The molecule has 1 amide bonds. The quantitative estimate of drug-likeness (QED) is 0.557. The summed E-state index contributed by atoms with van der Waals surface area (Å²) in [6, 6.07) is 10.8. The summed E-state index contributed by atoms with van der Waals surface area (Å²) >= 11 is 0. The van der Waals surface area contributed by atoms with Crippen LogP contribution in [0.25, 0.3) is 11.4 Å². The Morgan fingerprint density at radius 1 is 1.00 bits per heavy atom. The first-order valence-electron chi connectivity index (χ1n) is 10.6. The van der Waals surface area contributed by atoms with Gasteiger partial charge in [-0.2, -0.15) is 0 Å². The molecule has 174 valence electrons. The van der Waals surface area contributed by atoms with Crippen molar-refractivity contribution in [3.05, 3.63) is 53.6 Å². The molecule has 12 nitrogen and oxygen atoms in total. The Morgan fingerprint density at radius 3 is 2.65 bits per heavy atom. The largest absolute Gasteiger partial charge is 0.478 e. The van der Waals surface area contributed by atoms with Gasteiger partial charge < -0.3 is 29.4 Å². The van der Waals surface area contributed by atoms with E-state index >= 15 is 0 Å².